The van der Waals surface area contributed by atoms with Gasteiger partial charge in [-0.1, -0.05) is 60.7 Å². The van der Waals surface area contributed by atoms with Gasteiger partial charge in [-0.25, -0.2) is 18.5 Å². The van der Waals surface area contributed by atoms with E-state index in [1.54, 1.807) is 0 Å². The first-order valence-corrected chi connectivity index (χ1v) is 14.8. The van der Waals surface area contributed by atoms with Gasteiger partial charge in [-0.2, -0.15) is 0 Å². The summed E-state index contributed by atoms with van der Waals surface area (Å²) in [6.07, 6.45) is 3.31. The highest BCUT2D eigenvalue weighted by atomic mass is 35.5. The first-order chi connectivity index (χ1) is 20.7. The van der Waals surface area contributed by atoms with E-state index in [0.717, 1.165) is 60.7 Å². The lowest BCUT2D eigenvalue weighted by molar-refractivity contribution is -0.146. The Morgan fingerprint density at radius 2 is 1.50 bits per heavy atom. The standard InChI is InChI=1S/C34H38FN3O5.ClH/c1-34(2,32(40)41)38-31(39)28-23-26(35)15-16-29(28)37(33(38)42)20-10-9-19-36-21-17-27(18-22-36)43-30(24-11-5-3-6-12-24)25-13-7-4-8-14-25;/h3-8,11-16,23,27,30H,9-10,17-22H2,1-2H3,(H,40,41);1H. The van der Waals surface area contributed by atoms with Gasteiger partial charge in [-0.05, 0) is 75.4 Å². The molecule has 1 aromatic heterocycles. The van der Waals surface area contributed by atoms with Crippen molar-refractivity contribution < 1.29 is 19.0 Å². The quantitative estimate of drug-likeness (QED) is 0.219. The number of ether oxygens (including phenoxy) is 1. The molecule has 0 saturated carbocycles. The fraction of sp³-hybridized carbons (Fsp3) is 0.382. The Morgan fingerprint density at radius 3 is 2.07 bits per heavy atom. The van der Waals surface area contributed by atoms with Crippen LogP contribution in [0, 0.1) is 5.82 Å². The van der Waals surface area contributed by atoms with E-state index in [2.05, 4.69) is 29.2 Å². The van der Waals surface area contributed by atoms with Crippen LogP contribution in [0.2, 0.25) is 0 Å². The molecule has 0 radical (unpaired) electrons. The molecule has 2 heterocycles. The topological polar surface area (TPSA) is 93.8 Å². The molecule has 234 valence electrons. The monoisotopic (exact) mass is 623 g/mol. The molecule has 0 atom stereocenters. The van der Waals surface area contributed by atoms with Crippen LogP contribution in [0.5, 0.6) is 0 Å². The van der Waals surface area contributed by atoms with Gasteiger partial charge in [0, 0.05) is 19.6 Å². The number of hydrogen-bond donors (Lipinski definition) is 1. The predicted molar refractivity (Wildman–Crippen MR) is 171 cm³/mol. The molecule has 0 spiro atoms. The van der Waals surface area contributed by atoms with Gasteiger partial charge >= 0.3 is 11.7 Å². The van der Waals surface area contributed by atoms with Crippen molar-refractivity contribution in [2.24, 2.45) is 0 Å². The van der Waals surface area contributed by atoms with E-state index in [1.807, 2.05) is 36.4 Å². The third-order valence-electron chi connectivity index (χ3n) is 8.36. The van der Waals surface area contributed by atoms with Crippen LogP contribution in [-0.2, 0) is 21.6 Å². The summed E-state index contributed by atoms with van der Waals surface area (Å²) in [5.41, 5.74) is -0.725. The lowest BCUT2D eigenvalue weighted by Crippen LogP contribution is -2.52. The fourth-order valence-electron chi connectivity index (χ4n) is 5.82. The van der Waals surface area contributed by atoms with E-state index >= 15 is 0 Å². The molecular formula is C34H39ClFN3O5. The average molecular weight is 624 g/mol. The Hall–Kier alpha value is -3.79. The summed E-state index contributed by atoms with van der Waals surface area (Å²) in [4.78, 5) is 40.8. The van der Waals surface area contributed by atoms with E-state index in [9.17, 15) is 23.9 Å². The summed E-state index contributed by atoms with van der Waals surface area (Å²) >= 11 is 0. The number of unbranched alkanes of at least 4 members (excludes halogenated alkanes) is 1. The summed E-state index contributed by atoms with van der Waals surface area (Å²) in [5.74, 6) is -1.94. The molecule has 1 fully saturated rings. The number of likely N-dealkylation sites (tertiary alicyclic amines) is 1. The largest absolute Gasteiger partial charge is 0.480 e. The Morgan fingerprint density at radius 1 is 0.932 bits per heavy atom. The third kappa shape index (κ3) is 7.12. The number of aryl methyl sites for hydroxylation is 1. The lowest BCUT2D eigenvalue weighted by atomic mass is 10.00. The number of carbonyl (C=O) groups is 1. The number of carboxylic acids is 1. The lowest BCUT2D eigenvalue weighted by Gasteiger charge is -2.34. The van der Waals surface area contributed by atoms with E-state index in [4.69, 9.17) is 4.74 Å². The normalized spacial score (nSPS) is 14.5. The molecule has 0 amide bonds. The smallest absolute Gasteiger partial charge is 0.332 e. The van der Waals surface area contributed by atoms with Crippen molar-refractivity contribution in [2.45, 2.75) is 63.8 Å². The number of nitrogens with zero attached hydrogens (tertiary/aromatic N) is 3. The average Bonchev–Trinajstić information content (AvgIpc) is 3.01. The summed E-state index contributed by atoms with van der Waals surface area (Å²) in [7, 11) is 0. The Bertz CT molecular complexity index is 1640. The molecule has 1 aliphatic heterocycles. The molecule has 5 rings (SSSR count). The van der Waals surface area contributed by atoms with Crippen LogP contribution in [0.4, 0.5) is 4.39 Å². The van der Waals surface area contributed by atoms with Crippen molar-refractivity contribution in [3.05, 3.63) is 117 Å². The van der Waals surface area contributed by atoms with Crippen molar-refractivity contribution in [1.82, 2.24) is 14.0 Å². The molecule has 0 aliphatic carbocycles. The summed E-state index contributed by atoms with van der Waals surface area (Å²) in [6, 6.07) is 24.3. The van der Waals surface area contributed by atoms with E-state index in [1.165, 1.54) is 30.5 Å². The van der Waals surface area contributed by atoms with Crippen molar-refractivity contribution in [1.29, 1.82) is 0 Å². The van der Waals surface area contributed by atoms with Gasteiger partial charge in [0.05, 0.1) is 17.0 Å². The first-order valence-electron chi connectivity index (χ1n) is 14.8. The number of benzene rings is 3. The second-order valence-electron chi connectivity index (χ2n) is 11.7. The van der Waals surface area contributed by atoms with Crippen LogP contribution in [0.15, 0.2) is 88.5 Å². The predicted octanol–water partition coefficient (Wildman–Crippen LogP) is 5.59. The van der Waals surface area contributed by atoms with Gasteiger partial charge in [0.25, 0.3) is 5.56 Å². The fourth-order valence-corrected chi connectivity index (χ4v) is 5.82. The van der Waals surface area contributed by atoms with Gasteiger partial charge in [-0.15, -0.1) is 12.4 Å². The minimum Gasteiger partial charge on any atom is -0.480 e. The van der Waals surface area contributed by atoms with Crippen molar-refractivity contribution in [2.75, 3.05) is 19.6 Å². The third-order valence-corrected chi connectivity index (χ3v) is 8.36. The maximum atomic E-state index is 14.1. The van der Waals surface area contributed by atoms with Gasteiger partial charge < -0.3 is 14.7 Å². The number of hydrogen-bond acceptors (Lipinski definition) is 5. The SMILES string of the molecule is CC(C)(C(=O)O)n1c(=O)c2cc(F)ccc2n(CCCCN2CCC(OC(c3ccccc3)c3ccccc3)CC2)c1=O.Cl. The maximum absolute atomic E-state index is 14.1. The van der Waals surface area contributed by atoms with Crippen molar-refractivity contribution in [3.8, 4) is 0 Å². The molecule has 44 heavy (non-hydrogen) atoms. The molecule has 0 bridgehead atoms. The molecule has 1 aliphatic rings. The zero-order valence-corrected chi connectivity index (χ0v) is 25.8. The van der Waals surface area contributed by atoms with E-state index in [0.29, 0.717) is 11.9 Å². The van der Waals surface area contributed by atoms with Crippen molar-refractivity contribution >= 4 is 29.3 Å². The van der Waals surface area contributed by atoms with Crippen LogP contribution in [0.3, 0.4) is 0 Å². The molecule has 8 nitrogen and oxygen atoms in total. The molecule has 0 unspecified atom stereocenters. The highest BCUT2D eigenvalue weighted by Gasteiger charge is 2.34. The zero-order chi connectivity index (χ0) is 30.6. The van der Waals surface area contributed by atoms with E-state index in [-0.39, 0.29) is 36.5 Å². The second kappa shape index (κ2) is 14.3. The number of fused-ring (bicyclic) bond motifs is 1. The molecule has 10 heteroatoms. The van der Waals surface area contributed by atoms with Gasteiger partial charge in [0.2, 0.25) is 0 Å². The van der Waals surface area contributed by atoms with Crippen molar-refractivity contribution in [3.63, 3.8) is 0 Å². The molecular weight excluding hydrogens is 585 g/mol. The number of halogens is 2. The van der Waals surface area contributed by atoms with Crippen LogP contribution in [0.1, 0.15) is 56.8 Å². The second-order valence-corrected chi connectivity index (χ2v) is 11.7. The highest BCUT2D eigenvalue weighted by molar-refractivity contribution is 5.85. The zero-order valence-electron chi connectivity index (χ0n) is 25.0. The Balaban J connectivity index is 0.00000442. The van der Waals surface area contributed by atoms with Crippen LogP contribution in [-0.4, -0.2) is 50.8 Å². The van der Waals surface area contributed by atoms with Crippen LogP contribution >= 0.6 is 12.4 Å². The number of piperidine rings is 1. The highest BCUT2D eigenvalue weighted by Crippen LogP contribution is 2.30. The maximum Gasteiger partial charge on any atom is 0.332 e. The van der Waals surface area contributed by atoms with Crippen LogP contribution in [0.25, 0.3) is 10.9 Å². The molecule has 1 saturated heterocycles. The van der Waals surface area contributed by atoms with Crippen LogP contribution < -0.4 is 11.2 Å². The van der Waals surface area contributed by atoms with Gasteiger partial charge in [0.1, 0.15) is 17.5 Å². The number of carboxylic acid groups (broad SMARTS) is 1. The minimum absolute atomic E-state index is 0. The Kier molecular flexibility index (Phi) is 10.8. The number of rotatable bonds is 11. The minimum atomic E-state index is -1.79. The molecule has 3 aromatic carbocycles. The first kappa shape index (κ1) is 33.1. The van der Waals surface area contributed by atoms with Gasteiger partial charge in [-0.3, -0.25) is 9.36 Å². The Labute approximate surface area is 262 Å². The number of aliphatic carboxylic acids is 1. The molecule has 4 aromatic rings. The van der Waals surface area contributed by atoms with E-state index < -0.39 is 28.6 Å². The molecule has 1 N–H and O–H groups in total. The summed E-state index contributed by atoms with van der Waals surface area (Å²) in [6.45, 7) is 5.52. The number of aromatic nitrogens is 2. The summed E-state index contributed by atoms with van der Waals surface area (Å²) < 4.78 is 22.8. The van der Waals surface area contributed by atoms with Gasteiger partial charge in [0.15, 0.2) is 0 Å². The summed E-state index contributed by atoms with van der Waals surface area (Å²) in [5, 5.41) is 9.69.